The second-order valence-corrected chi connectivity index (χ2v) is 6.81. The van der Waals surface area contributed by atoms with E-state index >= 15 is 0 Å². The maximum Gasteiger partial charge on any atom is 0.240 e. The van der Waals surface area contributed by atoms with Crippen LogP contribution in [-0.4, -0.2) is 27.8 Å². The quantitative estimate of drug-likeness (QED) is 0.858. The van der Waals surface area contributed by atoms with Gasteiger partial charge < -0.3 is 9.42 Å². The Labute approximate surface area is 138 Å². The monoisotopic (exact) mass is 335 g/mol. The molecule has 7 heteroatoms. The maximum atomic E-state index is 14.1. The molecule has 122 valence electrons. The molecule has 1 atom stereocenters. The minimum Gasteiger partial charge on any atom is -0.340 e. The summed E-state index contributed by atoms with van der Waals surface area (Å²) in [7, 11) is 0. The largest absolute Gasteiger partial charge is 0.340 e. The number of hydrogen-bond acceptors (Lipinski definition) is 5. The molecule has 0 radical (unpaired) electrons. The Hall–Kier alpha value is -1.89. The molecule has 0 saturated carbocycles. The zero-order valence-electron chi connectivity index (χ0n) is 13.1. The van der Waals surface area contributed by atoms with Gasteiger partial charge in [-0.1, -0.05) is 11.2 Å². The molecular weight excluding hydrogens is 317 g/mol. The van der Waals surface area contributed by atoms with Crippen LogP contribution in [0.25, 0.3) is 0 Å². The van der Waals surface area contributed by atoms with Gasteiger partial charge in [0.1, 0.15) is 5.82 Å². The molecule has 1 fully saturated rings. The molecule has 2 aromatic rings. The van der Waals surface area contributed by atoms with E-state index in [1.165, 1.54) is 17.8 Å². The molecule has 1 saturated heterocycles. The van der Waals surface area contributed by atoms with Gasteiger partial charge in [-0.2, -0.15) is 4.98 Å². The Balaban J connectivity index is 1.71. The number of anilines is 1. The highest BCUT2D eigenvalue weighted by Crippen LogP contribution is 2.31. The van der Waals surface area contributed by atoms with Gasteiger partial charge in [0, 0.05) is 13.5 Å². The van der Waals surface area contributed by atoms with Crippen molar-refractivity contribution in [2.24, 2.45) is 0 Å². The number of carbonyl (C=O) groups excluding carboxylic acids is 1. The van der Waals surface area contributed by atoms with Crippen LogP contribution in [0, 0.1) is 19.7 Å². The second-order valence-electron chi connectivity index (χ2n) is 5.62. The summed E-state index contributed by atoms with van der Waals surface area (Å²) in [6.07, 6.45) is 1.63. The van der Waals surface area contributed by atoms with E-state index in [-0.39, 0.29) is 17.0 Å². The zero-order chi connectivity index (χ0) is 16.4. The molecule has 1 unspecified atom stereocenters. The van der Waals surface area contributed by atoms with E-state index in [4.69, 9.17) is 4.52 Å². The summed E-state index contributed by atoms with van der Waals surface area (Å²) in [5.41, 5.74) is 1.31. The Kier molecular flexibility index (Phi) is 4.66. The van der Waals surface area contributed by atoms with Crippen molar-refractivity contribution in [2.45, 2.75) is 37.7 Å². The van der Waals surface area contributed by atoms with Crippen LogP contribution in [0.5, 0.6) is 0 Å². The van der Waals surface area contributed by atoms with E-state index in [0.29, 0.717) is 29.7 Å². The third kappa shape index (κ3) is 3.55. The van der Waals surface area contributed by atoms with E-state index in [2.05, 4.69) is 10.1 Å². The number of halogens is 1. The molecule has 0 aliphatic carbocycles. The lowest BCUT2D eigenvalue weighted by molar-refractivity contribution is -0.119. The fourth-order valence-electron chi connectivity index (χ4n) is 2.64. The molecule has 0 bridgehead atoms. The molecule has 1 aliphatic rings. The van der Waals surface area contributed by atoms with Crippen molar-refractivity contribution in [3.05, 3.63) is 41.3 Å². The third-order valence-electron chi connectivity index (χ3n) is 3.77. The molecule has 2 heterocycles. The minimum atomic E-state index is -0.358. The van der Waals surface area contributed by atoms with Gasteiger partial charge in [0.2, 0.25) is 11.8 Å². The number of aromatic nitrogens is 2. The normalized spacial score (nSPS) is 18.5. The fourth-order valence-corrected chi connectivity index (χ4v) is 3.71. The highest BCUT2D eigenvalue weighted by molar-refractivity contribution is 7.99. The maximum absolute atomic E-state index is 14.1. The van der Waals surface area contributed by atoms with Gasteiger partial charge in [-0.3, -0.25) is 4.79 Å². The summed E-state index contributed by atoms with van der Waals surface area (Å²) in [4.78, 5) is 18.4. The van der Waals surface area contributed by atoms with Crippen molar-refractivity contribution >= 4 is 23.4 Å². The summed E-state index contributed by atoms with van der Waals surface area (Å²) in [6, 6.07) is 4.84. The van der Waals surface area contributed by atoms with E-state index in [9.17, 15) is 9.18 Å². The summed E-state index contributed by atoms with van der Waals surface area (Å²) in [5.74, 6) is 1.20. The lowest BCUT2D eigenvalue weighted by atomic mass is 10.1. The van der Waals surface area contributed by atoms with Gasteiger partial charge in [0.25, 0.3) is 0 Å². The molecular formula is C16H18FN3O2S. The smallest absolute Gasteiger partial charge is 0.240 e. The van der Waals surface area contributed by atoms with Crippen molar-refractivity contribution in [3.8, 4) is 0 Å². The SMILES string of the molecule is Cc1ccc(F)c(N2CCCC(SCc3noc(C)n3)C2=O)c1. The van der Waals surface area contributed by atoms with Crippen molar-refractivity contribution in [1.82, 2.24) is 10.1 Å². The summed E-state index contributed by atoms with van der Waals surface area (Å²) in [6.45, 7) is 4.18. The van der Waals surface area contributed by atoms with Crippen LogP contribution in [0.1, 0.15) is 30.1 Å². The standard InChI is InChI=1S/C16H18FN3O2S/c1-10-5-6-12(17)13(8-10)20-7-3-4-14(16(20)21)23-9-15-18-11(2)22-19-15/h5-6,8,14H,3-4,7,9H2,1-2H3. The van der Waals surface area contributed by atoms with Crippen molar-refractivity contribution in [3.63, 3.8) is 0 Å². The molecule has 0 N–H and O–H groups in total. The number of rotatable bonds is 4. The number of thioether (sulfide) groups is 1. The predicted octanol–water partition coefficient (Wildman–Crippen LogP) is 3.25. The third-order valence-corrected chi connectivity index (χ3v) is 5.03. The topological polar surface area (TPSA) is 59.2 Å². The number of benzene rings is 1. The predicted molar refractivity (Wildman–Crippen MR) is 86.8 cm³/mol. The number of nitrogens with zero attached hydrogens (tertiary/aromatic N) is 3. The Morgan fingerprint density at radius 3 is 3.00 bits per heavy atom. The molecule has 5 nitrogen and oxygen atoms in total. The van der Waals surface area contributed by atoms with Crippen LogP contribution in [0.4, 0.5) is 10.1 Å². The van der Waals surface area contributed by atoms with Gasteiger partial charge in [0.05, 0.1) is 16.7 Å². The highest BCUT2D eigenvalue weighted by Gasteiger charge is 2.31. The molecule has 1 amide bonds. The summed E-state index contributed by atoms with van der Waals surface area (Å²) in [5, 5.41) is 3.63. The average Bonchev–Trinajstić information content (AvgIpc) is 2.94. The van der Waals surface area contributed by atoms with Crippen molar-refractivity contribution < 1.29 is 13.7 Å². The number of carbonyl (C=O) groups is 1. The first-order chi connectivity index (χ1) is 11.0. The van der Waals surface area contributed by atoms with E-state index in [1.54, 1.807) is 24.0 Å². The molecule has 0 spiro atoms. The van der Waals surface area contributed by atoms with Crippen molar-refractivity contribution in [1.29, 1.82) is 0 Å². The van der Waals surface area contributed by atoms with E-state index < -0.39 is 0 Å². The first-order valence-corrected chi connectivity index (χ1v) is 8.58. The fraction of sp³-hybridized carbons (Fsp3) is 0.438. The lowest BCUT2D eigenvalue weighted by Crippen LogP contribution is -2.43. The number of hydrogen-bond donors (Lipinski definition) is 0. The molecule has 1 aliphatic heterocycles. The van der Waals surface area contributed by atoms with Crippen LogP contribution in [0.3, 0.4) is 0 Å². The van der Waals surface area contributed by atoms with E-state index in [0.717, 1.165) is 18.4 Å². The first kappa shape index (κ1) is 16.0. The molecule has 1 aromatic heterocycles. The second kappa shape index (κ2) is 6.70. The molecule has 1 aromatic carbocycles. The highest BCUT2D eigenvalue weighted by atomic mass is 32.2. The summed E-state index contributed by atoms with van der Waals surface area (Å²) >= 11 is 1.48. The number of aryl methyl sites for hydroxylation is 2. The van der Waals surface area contributed by atoms with Gasteiger partial charge in [-0.05, 0) is 37.5 Å². The van der Waals surface area contributed by atoms with E-state index in [1.807, 2.05) is 6.92 Å². The van der Waals surface area contributed by atoms with Gasteiger partial charge in [0.15, 0.2) is 5.82 Å². The molecule has 23 heavy (non-hydrogen) atoms. The molecule has 3 rings (SSSR count). The Morgan fingerprint density at radius 2 is 2.26 bits per heavy atom. The lowest BCUT2D eigenvalue weighted by Gasteiger charge is -2.32. The summed E-state index contributed by atoms with van der Waals surface area (Å²) < 4.78 is 19.0. The Morgan fingerprint density at radius 1 is 1.43 bits per heavy atom. The van der Waals surface area contributed by atoms with Crippen LogP contribution < -0.4 is 4.90 Å². The Bertz CT molecular complexity index is 719. The van der Waals surface area contributed by atoms with Gasteiger partial charge in [-0.25, -0.2) is 4.39 Å². The van der Waals surface area contributed by atoms with Crippen LogP contribution in [0.2, 0.25) is 0 Å². The van der Waals surface area contributed by atoms with Gasteiger partial charge >= 0.3 is 0 Å². The number of piperidine rings is 1. The van der Waals surface area contributed by atoms with Gasteiger partial charge in [-0.15, -0.1) is 11.8 Å². The zero-order valence-corrected chi connectivity index (χ0v) is 13.9. The van der Waals surface area contributed by atoms with Crippen LogP contribution in [0.15, 0.2) is 22.7 Å². The first-order valence-electron chi connectivity index (χ1n) is 7.53. The van der Waals surface area contributed by atoms with Crippen LogP contribution >= 0.6 is 11.8 Å². The average molecular weight is 335 g/mol. The minimum absolute atomic E-state index is 0.0500. The van der Waals surface area contributed by atoms with Crippen LogP contribution in [-0.2, 0) is 10.5 Å². The number of amides is 1. The van der Waals surface area contributed by atoms with Crippen molar-refractivity contribution in [2.75, 3.05) is 11.4 Å².